The van der Waals surface area contributed by atoms with Gasteiger partial charge in [0.1, 0.15) is 11.9 Å². The molecule has 1 aliphatic heterocycles. The first-order chi connectivity index (χ1) is 10.9. The van der Waals surface area contributed by atoms with Gasteiger partial charge in [0.15, 0.2) is 0 Å². The summed E-state index contributed by atoms with van der Waals surface area (Å²) < 4.78 is 5.33. The lowest BCUT2D eigenvalue weighted by molar-refractivity contribution is 0.0993. The third kappa shape index (κ3) is 3.67. The highest BCUT2D eigenvalue weighted by Gasteiger charge is 2.30. The van der Waals surface area contributed by atoms with Crippen molar-refractivity contribution in [2.24, 2.45) is 0 Å². The first-order valence-corrected chi connectivity index (χ1v) is 8.43. The van der Waals surface area contributed by atoms with Crippen LogP contribution >= 0.6 is 0 Å². The van der Waals surface area contributed by atoms with Crippen LogP contribution in [-0.2, 0) is 12.0 Å². The highest BCUT2D eigenvalue weighted by molar-refractivity contribution is 5.23. The van der Waals surface area contributed by atoms with Gasteiger partial charge in [-0.05, 0) is 37.9 Å². The van der Waals surface area contributed by atoms with E-state index >= 15 is 0 Å². The summed E-state index contributed by atoms with van der Waals surface area (Å²) in [5, 5.41) is 17.8. The van der Waals surface area contributed by atoms with Crippen LogP contribution in [0.1, 0.15) is 63.2 Å². The largest absolute Gasteiger partial charge is 0.467 e. The number of hydrogen-bond donors (Lipinski definition) is 2. The van der Waals surface area contributed by atoms with Crippen LogP contribution in [0.3, 0.4) is 0 Å². The predicted molar refractivity (Wildman–Crippen MR) is 89.0 cm³/mol. The molecule has 0 aliphatic carbocycles. The maximum absolute atomic E-state index is 10.4. The summed E-state index contributed by atoms with van der Waals surface area (Å²) in [5.74, 6) is 0.663. The van der Waals surface area contributed by atoms with Crippen LogP contribution < -0.4 is 0 Å². The van der Waals surface area contributed by atoms with Gasteiger partial charge in [-0.15, -0.1) is 0 Å². The minimum atomic E-state index is -0.526. The van der Waals surface area contributed by atoms with Crippen molar-refractivity contribution < 1.29 is 9.52 Å². The number of rotatable bonds is 5. The number of aliphatic hydroxyl groups excluding tert-OH is 1. The van der Waals surface area contributed by atoms with Crippen molar-refractivity contribution in [3.8, 4) is 0 Å². The first-order valence-electron chi connectivity index (χ1n) is 8.43. The number of furan rings is 1. The van der Waals surface area contributed by atoms with Gasteiger partial charge in [0.05, 0.1) is 12.5 Å². The van der Waals surface area contributed by atoms with Crippen LogP contribution in [0.4, 0.5) is 0 Å². The summed E-state index contributed by atoms with van der Waals surface area (Å²) in [6.07, 6.45) is 6.06. The van der Waals surface area contributed by atoms with Gasteiger partial charge in [0, 0.05) is 29.3 Å². The van der Waals surface area contributed by atoms with Crippen molar-refractivity contribution in [1.82, 2.24) is 15.1 Å². The molecule has 5 heteroatoms. The number of aliphatic hydroxyl groups is 1. The second-order valence-corrected chi connectivity index (χ2v) is 7.55. The number of nitrogens with zero attached hydrogens (tertiary/aromatic N) is 2. The highest BCUT2D eigenvalue weighted by atomic mass is 16.4. The van der Waals surface area contributed by atoms with Gasteiger partial charge in [-0.3, -0.25) is 10.00 Å². The Bertz CT molecular complexity index is 613. The Balaban J connectivity index is 1.67. The fraction of sp³-hybridized carbons (Fsp3) is 0.611. The van der Waals surface area contributed by atoms with E-state index in [4.69, 9.17) is 4.42 Å². The molecular formula is C18H27N3O2. The van der Waals surface area contributed by atoms with Gasteiger partial charge < -0.3 is 9.52 Å². The van der Waals surface area contributed by atoms with Crippen LogP contribution in [-0.4, -0.2) is 32.8 Å². The summed E-state index contributed by atoms with van der Waals surface area (Å²) >= 11 is 0. The zero-order valence-electron chi connectivity index (χ0n) is 14.2. The minimum Gasteiger partial charge on any atom is -0.467 e. The zero-order chi connectivity index (χ0) is 16.4. The molecule has 0 spiro atoms. The minimum absolute atomic E-state index is 0.0642. The SMILES string of the molecule is CC(C)(C)c1[nH]ncc1CN1CCCC1CC(O)c1ccco1. The summed E-state index contributed by atoms with van der Waals surface area (Å²) in [5.41, 5.74) is 2.53. The summed E-state index contributed by atoms with van der Waals surface area (Å²) in [6, 6.07) is 4.06. The number of H-pyrrole nitrogens is 1. The van der Waals surface area contributed by atoms with Crippen LogP contribution in [0.5, 0.6) is 0 Å². The summed E-state index contributed by atoms with van der Waals surface area (Å²) in [7, 11) is 0. The van der Waals surface area contributed by atoms with Crippen molar-refractivity contribution in [2.45, 2.75) is 64.1 Å². The molecule has 2 unspecified atom stereocenters. The molecule has 126 valence electrons. The third-order valence-electron chi connectivity index (χ3n) is 4.71. The molecule has 0 amide bonds. The molecule has 3 heterocycles. The smallest absolute Gasteiger partial charge is 0.132 e. The molecular weight excluding hydrogens is 290 g/mol. The zero-order valence-corrected chi connectivity index (χ0v) is 14.2. The molecule has 0 aromatic carbocycles. The standard InChI is InChI=1S/C18H27N3O2/c1-18(2,3)17-13(11-19-20-17)12-21-8-4-6-14(21)10-15(22)16-7-5-9-23-16/h5,7,9,11,14-15,22H,4,6,8,10,12H2,1-3H3,(H,19,20). The van der Waals surface area contributed by atoms with Crippen molar-refractivity contribution in [1.29, 1.82) is 0 Å². The van der Waals surface area contributed by atoms with Crippen molar-refractivity contribution in [3.63, 3.8) is 0 Å². The van der Waals surface area contributed by atoms with Gasteiger partial charge >= 0.3 is 0 Å². The van der Waals surface area contributed by atoms with Gasteiger partial charge in [0.25, 0.3) is 0 Å². The lowest BCUT2D eigenvalue weighted by atomic mass is 9.89. The first kappa shape index (κ1) is 16.3. The van der Waals surface area contributed by atoms with Crippen molar-refractivity contribution in [2.75, 3.05) is 6.54 Å². The molecule has 3 rings (SSSR count). The topological polar surface area (TPSA) is 65.3 Å². The van der Waals surface area contributed by atoms with Crippen LogP contribution in [0.15, 0.2) is 29.0 Å². The Morgan fingerprint density at radius 2 is 2.30 bits per heavy atom. The predicted octanol–water partition coefficient (Wildman–Crippen LogP) is 3.39. The van der Waals surface area contributed by atoms with E-state index in [0.717, 1.165) is 25.9 Å². The molecule has 1 aliphatic rings. The molecule has 2 atom stereocenters. The van der Waals surface area contributed by atoms with E-state index in [-0.39, 0.29) is 5.41 Å². The van der Waals surface area contributed by atoms with Crippen LogP contribution in [0.2, 0.25) is 0 Å². The van der Waals surface area contributed by atoms with Gasteiger partial charge in [-0.2, -0.15) is 5.10 Å². The van der Waals surface area contributed by atoms with Crippen LogP contribution in [0.25, 0.3) is 0 Å². The number of likely N-dealkylation sites (tertiary alicyclic amines) is 1. The number of aromatic nitrogens is 2. The summed E-state index contributed by atoms with van der Waals surface area (Å²) in [4.78, 5) is 2.46. The average molecular weight is 317 g/mol. The fourth-order valence-electron chi connectivity index (χ4n) is 3.52. The van der Waals surface area contributed by atoms with E-state index in [1.807, 2.05) is 18.3 Å². The van der Waals surface area contributed by atoms with E-state index < -0.39 is 6.10 Å². The molecule has 23 heavy (non-hydrogen) atoms. The van der Waals surface area contributed by atoms with Gasteiger partial charge in [0.2, 0.25) is 0 Å². The third-order valence-corrected chi connectivity index (χ3v) is 4.71. The quantitative estimate of drug-likeness (QED) is 0.887. The summed E-state index contributed by atoms with van der Waals surface area (Å²) in [6.45, 7) is 8.56. The average Bonchev–Trinajstić information content (AvgIpc) is 3.19. The maximum Gasteiger partial charge on any atom is 0.132 e. The van der Waals surface area contributed by atoms with Crippen molar-refractivity contribution in [3.05, 3.63) is 41.6 Å². The highest BCUT2D eigenvalue weighted by Crippen LogP contribution is 2.31. The van der Waals surface area contributed by atoms with Gasteiger partial charge in [-0.25, -0.2) is 0 Å². The van der Waals surface area contributed by atoms with E-state index in [2.05, 4.69) is 35.9 Å². The molecule has 2 aromatic heterocycles. The Hall–Kier alpha value is -1.59. The lowest BCUT2D eigenvalue weighted by Gasteiger charge is -2.27. The Morgan fingerprint density at radius 3 is 3.00 bits per heavy atom. The second kappa shape index (κ2) is 6.49. The number of aromatic amines is 1. The number of hydrogen-bond acceptors (Lipinski definition) is 4. The Morgan fingerprint density at radius 1 is 1.48 bits per heavy atom. The molecule has 2 N–H and O–H groups in total. The fourth-order valence-corrected chi connectivity index (χ4v) is 3.52. The lowest BCUT2D eigenvalue weighted by Crippen LogP contribution is -2.31. The molecule has 5 nitrogen and oxygen atoms in total. The molecule has 1 saturated heterocycles. The monoisotopic (exact) mass is 317 g/mol. The van der Waals surface area contributed by atoms with E-state index in [1.165, 1.54) is 17.7 Å². The Labute approximate surface area is 137 Å². The van der Waals surface area contributed by atoms with E-state index in [9.17, 15) is 5.11 Å². The van der Waals surface area contributed by atoms with Crippen LogP contribution in [0, 0.1) is 0 Å². The molecule has 0 radical (unpaired) electrons. The van der Waals surface area contributed by atoms with Gasteiger partial charge in [-0.1, -0.05) is 20.8 Å². The molecule has 2 aromatic rings. The second-order valence-electron chi connectivity index (χ2n) is 7.55. The molecule has 1 fully saturated rings. The normalized spacial score (nSPS) is 21.0. The van der Waals surface area contributed by atoms with E-state index in [0.29, 0.717) is 11.8 Å². The Kier molecular flexibility index (Phi) is 4.60. The number of nitrogens with one attached hydrogen (secondary N) is 1. The molecule has 0 saturated carbocycles. The van der Waals surface area contributed by atoms with E-state index in [1.54, 1.807) is 6.26 Å². The maximum atomic E-state index is 10.4. The molecule has 0 bridgehead atoms. The van der Waals surface area contributed by atoms with Crippen molar-refractivity contribution >= 4 is 0 Å².